The Morgan fingerprint density at radius 1 is 1.26 bits per heavy atom. The smallest absolute Gasteiger partial charge is 0.207 e. The third kappa shape index (κ3) is 2.09. The van der Waals surface area contributed by atoms with Crippen LogP contribution in [0.3, 0.4) is 0 Å². The molecule has 0 N–H and O–H groups in total. The highest BCUT2D eigenvalue weighted by Crippen LogP contribution is 2.29. The summed E-state index contributed by atoms with van der Waals surface area (Å²) in [6.07, 6.45) is 0. The number of hydrogen-bond acceptors (Lipinski definition) is 5. The van der Waals surface area contributed by atoms with Gasteiger partial charge in [0.1, 0.15) is 4.88 Å². The average molecular weight is 288 g/mol. The van der Waals surface area contributed by atoms with E-state index in [0.717, 1.165) is 21.3 Å². The highest BCUT2D eigenvalue weighted by Gasteiger charge is 2.21. The Bertz CT molecular complexity index is 743. The van der Waals surface area contributed by atoms with Crippen LogP contribution in [0, 0.1) is 0 Å². The predicted octanol–water partition coefficient (Wildman–Crippen LogP) is 4.11. The summed E-state index contributed by atoms with van der Waals surface area (Å²) in [5.41, 5.74) is 1.55. The summed E-state index contributed by atoms with van der Waals surface area (Å²) >= 11 is 2.78. The normalized spacial score (nSPS) is 11.3. The fraction of sp³-hybridized carbons (Fsp3) is 0.214. The van der Waals surface area contributed by atoms with Gasteiger partial charge in [-0.1, -0.05) is 30.5 Å². The van der Waals surface area contributed by atoms with E-state index in [4.69, 9.17) is 0 Å². The first-order chi connectivity index (χ1) is 9.18. The molecule has 0 fully saturated rings. The van der Waals surface area contributed by atoms with E-state index in [1.165, 1.54) is 11.5 Å². The Hall–Kier alpha value is -1.59. The van der Waals surface area contributed by atoms with E-state index >= 15 is 0 Å². The van der Waals surface area contributed by atoms with Gasteiger partial charge in [-0.05, 0) is 40.3 Å². The van der Waals surface area contributed by atoms with Gasteiger partial charge in [0.15, 0.2) is 0 Å². The monoisotopic (exact) mass is 288 g/mol. The number of aromatic nitrogens is 2. The molecule has 0 aliphatic heterocycles. The number of nitrogens with zero attached hydrogens (tertiary/aromatic N) is 2. The Balaban J connectivity index is 2.14. The van der Waals surface area contributed by atoms with Crippen LogP contribution in [0.1, 0.15) is 40.7 Å². The molecule has 19 heavy (non-hydrogen) atoms. The minimum Gasteiger partial charge on any atom is -0.288 e. The predicted molar refractivity (Wildman–Crippen MR) is 79.3 cm³/mol. The molecule has 0 amide bonds. The molecule has 2 heterocycles. The third-order valence-corrected chi connectivity index (χ3v) is 4.69. The Labute approximate surface area is 119 Å². The maximum Gasteiger partial charge on any atom is 0.207 e. The lowest BCUT2D eigenvalue weighted by atomic mass is 10.0. The third-order valence-electron chi connectivity index (χ3n) is 2.99. The zero-order valence-electron chi connectivity index (χ0n) is 10.6. The minimum atomic E-state index is 0.0340. The van der Waals surface area contributed by atoms with Crippen molar-refractivity contribution in [3.63, 3.8) is 0 Å². The van der Waals surface area contributed by atoms with Gasteiger partial charge >= 0.3 is 0 Å². The summed E-state index contributed by atoms with van der Waals surface area (Å²) in [6.45, 7) is 4.05. The molecule has 96 valence electrons. The number of hydrogen-bond donors (Lipinski definition) is 0. The first-order valence-electron chi connectivity index (χ1n) is 6.01. The topological polar surface area (TPSA) is 42.9 Å². The van der Waals surface area contributed by atoms with Crippen LogP contribution in [0.25, 0.3) is 10.1 Å². The van der Waals surface area contributed by atoms with Gasteiger partial charge in [-0.3, -0.25) is 4.79 Å². The number of thiophene rings is 1. The summed E-state index contributed by atoms with van der Waals surface area (Å²) in [5.74, 6) is 0.243. The largest absolute Gasteiger partial charge is 0.288 e. The summed E-state index contributed by atoms with van der Waals surface area (Å²) in [7, 11) is 0. The standard InChI is InChI=1S/C14H12N2OS2/c1-8(2)11-14(19-16-15-11)12(17)10-5-3-4-9-6-7-18-13(9)10/h3-8H,1-2H3. The Morgan fingerprint density at radius 2 is 2.11 bits per heavy atom. The van der Waals surface area contributed by atoms with Gasteiger partial charge < -0.3 is 0 Å². The Kier molecular flexibility index (Phi) is 3.16. The molecule has 1 aromatic carbocycles. The number of rotatable bonds is 3. The van der Waals surface area contributed by atoms with Gasteiger partial charge in [0.25, 0.3) is 0 Å². The molecule has 3 nitrogen and oxygen atoms in total. The maximum absolute atomic E-state index is 12.7. The number of carbonyl (C=O) groups is 1. The van der Waals surface area contributed by atoms with Crippen molar-refractivity contribution in [1.29, 1.82) is 0 Å². The van der Waals surface area contributed by atoms with Crippen molar-refractivity contribution in [3.8, 4) is 0 Å². The number of fused-ring (bicyclic) bond motifs is 1. The lowest BCUT2D eigenvalue weighted by Crippen LogP contribution is -2.04. The van der Waals surface area contributed by atoms with E-state index in [0.29, 0.717) is 4.88 Å². The highest BCUT2D eigenvalue weighted by atomic mass is 32.1. The van der Waals surface area contributed by atoms with E-state index < -0.39 is 0 Å². The zero-order valence-corrected chi connectivity index (χ0v) is 12.2. The molecule has 0 atom stereocenters. The molecule has 0 aliphatic rings. The van der Waals surface area contributed by atoms with E-state index in [1.54, 1.807) is 11.3 Å². The molecule has 0 saturated carbocycles. The fourth-order valence-electron chi connectivity index (χ4n) is 2.03. The second-order valence-corrected chi connectivity index (χ2v) is 6.29. The molecule has 0 bridgehead atoms. The van der Waals surface area contributed by atoms with Crippen LogP contribution in [-0.4, -0.2) is 15.4 Å². The van der Waals surface area contributed by atoms with Crippen molar-refractivity contribution in [2.24, 2.45) is 0 Å². The van der Waals surface area contributed by atoms with Crippen molar-refractivity contribution in [1.82, 2.24) is 9.59 Å². The summed E-state index contributed by atoms with van der Waals surface area (Å²) in [6, 6.07) is 7.86. The van der Waals surface area contributed by atoms with Crippen LogP contribution in [0.15, 0.2) is 29.6 Å². The second kappa shape index (κ2) is 4.83. The van der Waals surface area contributed by atoms with Gasteiger partial charge in [-0.2, -0.15) is 0 Å². The van der Waals surface area contributed by atoms with Gasteiger partial charge in [0, 0.05) is 10.3 Å². The lowest BCUT2D eigenvalue weighted by molar-refractivity contribution is 0.104. The van der Waals surface area contributed by atoms with Crippen LogP contribution in [0.5, 0.6) is 0 Å². The molecule has 3 rings (SSSR count). The summed E-state index contributed by atoms with van der Waals surface area (Å²) in [4.78, 5) is 13.3. The maximum atomic E-state index is 12.7. The highest BCUT2D eigenvalue weighted by molar-refractivity contribution is 7.17. The second-order valence-electron chi connectivity index (χ2n) is 4.62. The van der Waals surface area contributed by atoms with Gasteiger partial charge in [-0.25, -0.2) is 0 Å². The van der Waals surface area contributed by atoms with Crippen molar-refractivity contribution in [2.75, 3.05) is 0 Å². The van der Waals surface area contributed by atoms with E-state index in [9.17, 15) is 4.79 Å². The van der Waals surface area contributed by atoms with Gasteiger partial charge in [0.2, 0.25) is 5.78 Å². The first kappa shape index (κ1) is 12.4. The summed E-state index contributed by atoms with van der Waals surface area (Å²) < 4.78 is 4.97. The van der Waals surface area contributed by atoms with Crippen molar-refractivity contribution in [2.45, 2.75) is 19.8 Å². The van der Waals surface area contributed by atoms with Crippen molar-refractivity contribution < 1.29 is 4.79 Å². The van der Waals surface area contributed by atoms with Crippen LogP contribution >= 0.6 is 22.9 Å². The van der Waals surface area contributed by atoms with Crippen molar-refractivity contribution >= 4 is 38.7 Å². The molecule has 2 aromatic heterocycles. The van der Waals surface area contributed by atoms with E-state index in [-0.39, 0.29) is 11.7 Å². The molecule has 3 aromatic rings. The van der Waals surface area contributed by atoms with E-state index in [2.05, 4.69) is 9.59 Å². The molecular formula is C14H12N2OS2. The lowest BCUT2D eigenvalue weighted by Gasteiger charge is -2.04. The zero-order chi connectivity index (χ0) is 13.4. The van der Waals surface area contributed by atoms with Crippen molar-refractivity contribution in [3.05, 3.63) is 45.8 Å². The quantitative estimate of drug-likeness (QED) is 0.681. The van der Waals surface area contributed by atoms with Crippen LogP contribution in [0.4, 0.5) is 0 Å². The van der Waals surface area contributed by atoms with Gasteiger partial charge in [-0.15, -0.1) is 16.4 Å². The molecule has 0 aliphatic carbocycles. The molecule has 5 heteroatoms. The first-order valence-corrected chi connectivity index (χ1v) is 7.67. The minimum absolute atomic E-state index is 0.0340. The molecular weight excluding hydrogens is 276 g/mol. The SMILES string of the molecule is CC(C)c1nnsc1C(=O)c1cccc2ccsc12. The van der Waals surface area contributed by atoms with E-state index in [1.807, 2.05) is 43.5 Å². The molecule has 0 radical (unpaired) electrons. The number of ketones is 1. The van der Waals surface area contributed by atoms with Crippen LogP contribution in [0.2, 0.25) is 0 Å². The average Bonchev–Trinajstić information content (AvgIpc) is 3.05. The number of benzene rings is 1. The molecule has 0 saturated heterocycles. The molecule has 0 unspecified atom stereocenters. The Morgan fingerprint density at radius 3 is 2.89 bits per heavy atom. The number of carbonyl (C=O) groups excluding carboxylic acids is 1. The van der Waals surface area contributed by atoms with Gasteiger partial charge in [0.05, 0.1) is 5.69 Å². The molecule has 0 spiro atoms. The van der Waals surface area contributed by atoms with Crippen LogP contribution < -0.4 is 0 Å². The summed E-state index contributed by atoms with van der Waals surface area (Å²) in [5, 5.41) is 7.20. The fourth-order valence-corrected chi connectivity index (χ4v) is 3.71. The van der Waals surface area contributed by atoms with Crippen LogP contribution in [-0.2, 0) is 0 Å².